The van der Waals surface area contributed by atoms with E-state index >= 15 is 0 Å². The number of halogens is 3. The minimum Gasteiger partial charge on any atom is -0.241 e. The molecule has 2 aromatic carbocycles. The average Bonchev–Trinajstić information content (AvgIpc) is 2.83. The monoisotopic (exact) mass is 385 g/mol. The van der Waals surface area contributed by atoms with Crippen LogP contribution in [0, 0.1) is 0 Å². The molecule has 0 aliphatic rings. The fourth-order valence-corrected chi connectivity index (χ4v) is 4.11. The van der Waals surface area contributed by atoms with Crippen LogP contribution in [-0.4, -0.2) is 4.98 Å². The zero-order valence-corrected chi connectivity index (χ0v) is 14.2. The molecule has 0 amide bonds. The van der Waals surface area contributed by atoms with Crippen molar-refractivity contribution in [2.75, 3.05) is 0 Å². The molecule has 1 aromatic heterocycles. The fourth-order valence-electron chi connectivity index (χ4n) is 1.99. The van der Waals surface area contributed by atoms with Gasteiger partial charge in [0.05, 0.1) is 25.3 Å². The third-order valence-corrected chi connectivity index (χ3v) is 5.65. The first kappa shape index (κ1) is 14.3. The maximum atomic E-state index is 6.06. The van der Waals surface area contributed by atoms with Crippen LogP contribution in [0.4, 0.5) is 0 Å². The van der Waals surface area contributed by atoms with Gasteiger partial charge < -0.3 is 0 Å². The lowest BCUT2D eigenvalue weighted by atomic mass is 10.1. The van der Waals surface area contributed by atoms with Crippen molar-refractivity contribution in [2.24, 2.45) is 0 Å². The summed E-state index contributed by atoms with van der Waals surface area (Å²) in [4.78, 5) is 4.83. The van der Waals surface area contributed by atoms with Crippen molar-refractivity contribution in [3.8, 4) is 0 Å². The first-order chi connectivity index (χ1) is 9.63. The Morgan fingerprint density at radius 1 is 1.10 bits per heavy atom. The third-order valence-electron chi connectivity index (χ3n) is 3.00. The standard InChI is InChI=1S/C15H10BrCl2NS/c16-10(9-5-6-11(17)12(18)7-9)8-15-19-13-3-1-2-4-14(13)20-15/h1-7,10H,8H2. The molecule has 0 saturated carbocycles. The second-order valence-corrected chi connectivity index (χ2v) is 7.46. The van der Waals surface area contributed by atoms with Gasteiger partial charge in [-0.15, -0.1) is 11.3 Å². The number of hydrogen-bond donors (Lipinski definition) is 0. The smallest absolute Gasteiger partial charge is 0.0953 e. The number of alkyl halides is 1. The maximum absolute atomic E-state index is 6.06. The summed E-state index contributed by atoms with van der Waals surface area (Å²) >= 11 is 17.4. The molecule has 0 N–H and O–H groups in total. The van der Waals surface area contributed by atoms with E-state index in [1.54, 1.807) is 11.3 Å². The van der Waals surface area contributed by atoms with Crippen molar-refractivity contribution in [2.45, 2.75) is 11.2 Å². The molecule has 1 heterocycles. The molecule has 1 atom stereocenters. The molecule has 1 nitrogen and oxygen atoms in total. The molecule has 0 spiro atoms. The number of fused-ring (bicyclic) bond motifs is 1. The van der Waals surface area contributed by atoms with Gasteiger partial charge in [-0.25, -0.2) is 4.98 Å². The molecule has 5 heteroatoms. The molecule has 0 aliphatic heterocycles. The molecule has 0 bridgehead atoms. The second-order valence-electron chi connectivity index (χ2n) is 4.42. The van der Waals surface area contributed by atoms with Crippen LogP contribution < -0.4 is 0 Å². The predicted octanol–water partition coefficient (Wildman–Crippen LogP) is 6.28. The van der Waals surface area contributed by atoms with Crippen LogP contribution in [0.25, 0.3) is 10.2 Å². The molecule has 102 valence electrons. The lowest BCUT2D eigenvalue weighted by molar-refractivity contribution is 0.938. The van der Waals surface area contributed by atoms with E-state index in [4.69, 9.17) is 23.2 Å². The molecule has 3 rings (SSSR count). The van der Waals surface area contributed by atoms with E-state index < -0.39 is 0 Å². The number of hydrogen-bond acceptors (Lipinski definition) is 2. The Hall–Kier alpha value is -0.610. The van der Waals surface area contributed by atoms with E-state index in [2.05, 4.69) is 27.0 Å². The highest BCUT2D eigenvalue weighted by Crippen LogP contribution is 2.33. The predicted molar refractivity (Wildman–Crippen MR) is 91.5 cm³/mol. The number of thiazole rings is 1. The van der Waals surface area contributed by atoms with Gasteiger partial charge >= 0.3 is 0 Å². The molecule has 3 aromatic rings. The quantitative estimate of drug-likeness (QED) is 0.482. The van der Waals surface area contributed by atoms with Gasteiger partial charge in [-0.1, -0.05) is 57.3 Å². The van der Waals surface area contributed by atoms with Crippen LogP contribution in [-0.2, 0) is 6.42 Å². The molecule has 0 fully saturated rings. The highest BCUT2D eigenvalue weighted by molar-refractivity contribution is 9.09. The minimum atomic E-state index is 0.179. The third kappa shape index (κ3) is 3.01. The van der Waals surface area contributed by atoms with E-state index in [1.807, 2.05) is 36.4 Å². The van der Waals surface area contributed by atoms with E-state index in [-0.39, 0.29) is 4.83 Å². The summed E-state index contributed by atoms with van der Waals surface area (Å²) in [7, 11) is 0. The molecular formula is C15H10BrCl2NS. The summed E-state index contributed by atoms with van der Waals surface area (Å²) in [5.41, 5.74) is 2.17. The number of para-hydroxylation sites is 1. The van der Waals surface area contributed by atoms with E-state index in [0.717, 1.165) is 22.5 Å². The van der Waals surface area contributed by atoms with Crippen molar-refractivity contribution in [1.29, 1.82) is 0 Å². The van der Waals surface area contributed by atoms with Crippen molar-refractivity contribution >= 4 is 60.7 Å². The van der Waals surface area contributed by atoms with Crippen molar-refractivity contribution in [3.63, 3.8) is 0 Å². The van der Waals surface area contributed by atoms with E-state index in [0.29, 0.717) is 10.0 Å². The Bertz CT molecular complexity index is 723. The Labute approximate surface area is 139 Å². The molecule has 0 radical (unpaired) electrons. The van der Waals surface area contributed by atoms with E-state index in [1.165, 1.54) is 4.70 Å². The van der Waals surface area contributed by atoms with Crippen LogP contribution in [0.3, 0.4) is 0 Å². The summed E-state index contributed by atoms with van der Waals surface area (Å²) < 4.78 is 1.22. The topological polar surface area (TPSA) is 12.9 Å². The molecule has 0 aliphatic carbocycles. The highest BCUT2D eigenvalue weighted by atomic mass is 79.9. The highest BCUT2D eigenvalue weighted by Gasteiger charge is 2.13. The lowest BCUT2D eigenvalue weighted by Crippen LogP contribution is -1.95. The van der Waals surface area contributed by atoms with Crippen LogP contribution >= 0.6 is 50.5 Å². The van der Waals surface area contributed by atoms with Crippen LogP contribution in [0.5, 0.6) is 0 Å². The average molecular weight is 387 g/mol. The normalized spacial score (nSPS) is 12.8. The van der Waals surface area contributed by atoms with Gasteiger partial charge in [0, 0.05) is 11.2 Å². The van der Waals surface area contributed by atoms with Crippen molar-refractivity contribution < 1.29 is 0 Å². The zero-order chi connectivity index (χ0) is 14.1. The Balaban J connectivity index is 1.84. The Morgan fingerprint density at radius 2 is 1.90 bits per heavy atom. The van der Waals surface area contributed by atoms with E-state index in [9.17, 15) is 0 Å². The summed E-state index contributed by atoms with van der Waals surface area (Å²) in [6.45, 7) is 0. The Morgan fingerprint density at radius 3 is 2.65 bits per heavy atom. The first-order valence-electron chi connectivity index (χ1n) is 6.07. The summed E-state index contributed by atoms with van der Waals surface area (Å²) in [5, 5.41) is 2.27. The number of aromatic nitrogens is 1. The number of benzene rings is 2. The van der Waals surface area contributed by atoms with Gasteiger partial charge in [0.2, 0.25) is 0 Å². The van der Waals surface area contributed by atoms with Crippen molar-refractivity contribution in [3.05, 3.63) is 63.1 Å². The van der Waals surface area contributed by atoms with Crippen LogP contribution in [0.2, 0.25) is 10.0 Å². The summed E-state index contributed by atoms with van der Waals surface area (Å²) in [6, 6.07) is 13.9. The summed E-state index contributed by atoms with van der Waals surface area (Å²) in [5.74, 6) is 0. The van der Waals surface area contributed by atoms with Crippen LogP contribution in [0.15, 0.2) is 42.5 Å². The first-order valence-corrected chi connectivity index (χ1v) is 8.56. The lowest BCUT2D eigenvalue weighted by Gasteiger charge is -2.09. The van der Waals surface area contributed by atoms with Gasteiger partial charge in [-0.05, 0) is 29.8 Å². The zero-order valence-electron chi connectivity index (χ0n) is 10.3. The fraction of sp³-hybridized carbons (Fsp3) is 0.133. The van der Waals surface area contributed by atoms with Gasteiger partial charge in [0.25, 0.3) is 0 Å². The molecular weight excluding hydrogens is 377 g/mol. The minimum absolute atomic E-state index is 0.179. The largest absolute Gasteiger partial charge is 0.241 e. The van der Waals surface area contributed by atoms with Crippen LogP contribution in [0.1, 0.15) is 15.4 Å². The van der Waals surface area contributed by atoms with Gasteiger partial charge in [-0.3, -0.25) is 0 Å². The van der Waals surface area contributed by atoms with Crippen molar-refractivity contribution in [1.82, 2.24) is 4.98 Å². The van der Waals surface area contributed by atoms with Gasteiger partial charge in [-0.2, -0.15) is 0 Å². The molecule has 1 unspecified atom stereocenters. The number of nitrogens with zero attached hydrogens (tertiary/aromatic N) is 1. The molecule has 20 heavy (non-hydrogen) atoms. The van der Waals surface area contributed by atoms with Gasteiger partial charge in [0.15, 0.2) is 0 Å². The SMILES string of the molecule is Clc1ccc(C(Br)Cc2nc3ccccc3s2)cc1Cl. The number of rotatable bonds is 3. The second kappa shape index (κ2) is 6.02. The molecule has 0 saturated heterocycles. The summed E-state index contributed by atoms with van der Waals surface area (Å²) in [6.07, 6.45) is 0.831. The maximum Gasteiger partial charge on any atom is 0.0953 e. The Kier molecular flexibility index (Phi) is 4.32. The van der Waals surface area contributed by atoms with Gasteiger partial charge in [0.1, 0.15) is 0 Å².